The Labute approximate surface area is 187 Å². The number of likely N-dealkylation sites (tertiary alicyclic amines) is 1. The second kappa shape index (κ2) is 8.51. The molecular formula is C23H22F3N3O4. The first-order valence-electron chi connectivity index (χ1n) is 10.5. The Balaban J connectivity index is 1.40. The van der Waals surface area contributed by atoms with Gasteiger partial charge >= 0.3 is 6.18 Å². The summed E-state index contributed by atoms with van der Waals surface area (Å²) in [7, 11) is 0. The minimum absolute atomic E-state index is 0.0503. The number of para-hydroxylation sites is 1. The maximum atomic E-state index is 13.0. The first-order chi connectivity index (χ1) is 15.6. The lowest BCUT2D eigenvalue weighted by Crippen LogP contribution is -2.49. The summed E-state index contributed by atoms with van der Waals surface area (Å²) in [5.74, 6) is -1.38. The number of amides is 3. The van der Waals surface area contributed by atoms with Crippen molar-refractivity contribution in [2.45, 2.75) is 37.1 Å². The van der Waals surface area contributed by atoms with Crippen LogP contribution in [0.2, 0.25) is 0 Å². The van der Waals surface area contributed by atoms with Crippen molar-refractivity contribution in [3.63, 3.8) is 0 Å². The quantitative estimate of drug-likeness (QED) is 0.655. The van der Waals surface area contributed by atoms with Crippen LogP contribution in [0.1, 0.15) is 40.7 Å². The van der Waals surface area contributed by atoms with Crippen molar-refractivity contribution in [1.29, 1.82) is 0 Å². The van der Waals surface area contributed by atoms with Gasteiger partial charge in [-0.05, 0) is 42.7 Å². The van der Waals surface area contributed by atoms with E-state index in [1.165, 1.54) is 17.0 Å². The van der Waals surface area contributed by atoms with Gasteiger partial charge in [-0.15, -0.1) is 0 Å². The standard InChI is InChI=1S/C23H22F3N3O4/c24-23(25,26)15-5-3-4-14(12-15)22(33)8-10-29(11-9-22)19(30)13-18-21(32)27-17-7-2-1-6-16(17)20(31)28-18/h1-7,12,18,33H,8-11,13H2,(H,27,32)(H,28,31)/t18-/m0/s1. The molecular weight excluding hydrogens is 439 g/mol. The molecule has 2 aromatic carbocycles. The summed E-state index contributed by atoms with van der Waals surface area (Å²) < 4.78 is 39.1. The van der Waals surface area contributed by atoms with Crippen molar-refractivity contribution < 1.29 is 32.7 Å². The molecule has 3 amide bonds. The summed E-state index contributed by atoms with van der Waals surface area (Å²) in [6.07, 6.45) is -4.69. The molecule has 0 aliphatic carbocycles. The smallest absolute Gasteiger partial charge is 0.385 e. The average Bonchev–Trinajstić information content (AvgIpc) is 2.90. The molecule has 3 N–H and O–H groups in total. The second-order valence-corrected chi connectivity index (χ2v) is 8.26. The number of anilines is 1. The molecule has 1 fully saturated rings. The lowest BCUT2D eigenvalue weighted by molar-refractivity contribution is -0.138. The Morgan fingerprint density at radius 1 is 1.09 bits per heavy atom. The molecule has 0 radical (unpaired) electrons. The Morgan fingerprint density at radius 2 is 1.79 bits per heavy atom. The monoisotopic (exact) mass is 461 g/mol. The second-order valence-electron chi connectivity index (χ2n) is 8.26. The highest BCUT2D eigenvalue weighted by molar-refractivity contribution is 6.10. The van der Waals surface area contributed by atoms with E-state index in [9.17, 15) is 32.7 Å². The zero-order chi connectivity index (χ0) is 23.8. The van der Waals surface area contributed by atoms with Gasteiger partial charge in [-0.1, -0.05) is 24.3 Å². The van der Waals surface area contributed by atoms with Crippen LogP contribution in [0.15, 0.2) is 48.5 Å². The highest BCUT2D eigenvalue weighted by atomic mass is 19.4. The number of aliphatic hydroxyl groups is 1. The fraction of sp³-hybridized carbons (Fsp3) is 0.348. The first-order valence-corrected chi connectivity index (χ1v) is 10.5. The Bertz CT molecular complexity index is 1090. The van der Waals surface area contributed by atoms with Crippen LogP contribution in [0.3, 0.4) is 0 Å². The number of nitrogens with zero attached hydrogens (tertiary/aromatic N) is 1. The Hall–Kier alpha value is -3.40. The number of rotatable bonds is 3. The highest BCUT2D eigenvalue weighted by Crippen LogP contribution is 2.37. The van der Waals surface area contributed by atoms with Crippen LogP contribution in [0, 0.1) is 0 Å². The van der Waals surface area contributed by atoms with Crippen LogP contribution in [-0.2, 0) is 21.4 Å². The van der Waals surface area contributed by atoms with Gasteiger partial charge < -0.3 is 20.6 Å². The van der Waals surface area contributed by atoms with Gasteiger partial charge in [0, 0.05) is 13.1 Å². The van der Waals surface area contributed by atoms with Crippen LogP contribution < -0.4 is 10.6 Å². The number of nitrogens with one attached hydrogen (secondary N) is 2. The van der Waals surface area contributed by atoms with Crippen molar-refractivity contribution in [3.05, 3.63) is 65.2 Å². The maximum absolute atomic E-state index is 13.0. The number of fused-ring (bicyclic) bond motifs is 1. The van der Waals surface area contributed by atoms with Crippen molar-refractivity contribution in [3.8, 4) is 0 Å². The summed E-state index contributed by atoms with van der Waals surface area (Å²) in [6.45, 7) is 0.210. The zero-order valence-corrected chi connectivity index (χ0v) is 17.5. The van der Waals surface area contributed by atoms with Gasteiger partial charge in [0.2, 0.25) is 11.8 Å². The molecule has 33 heavy (non-hydrogen) atoms. The van der Waals surface area contributed by atoms with Crippen molar-refractivity contribution in [2.24, 2.45) is 0 Å². The minimum atomic E-state index is -4.52. The number of hydrogen-bond donors (Lipinski definition) is 3. The largest absolute Gasteiger partial charge is 0.416 e. The molecule has 0 unspecified atom stereocenters. The molecule has 174 valence electrons. The number of hydrogen-bond acceptors (Lipinski definition) is 4. The predicted molar refractivity (Wildman–Crippen MR) is 112 cm³/mol. The van der Waals surface area contributed by atoms with Crippen LogP contribution in [-0.4, -0.2) is 46.9 Å². The van der Waals surface area contributed by atoms with Crippen molar-refractivity contribution in [2.75, 3.05) is 18.4 Å². The molecule has 0 bridgehead atoms. The average molecular weight is 461 g/mol. The molecule has 0 saturated carbocycles. The van der Waals surface area contributed by atoms with E-state index in [0.717, 1.165) is 12.1 Å². The van der Waals surface area contributed by atoms with Gasteiger partial charge in [-0.25, -0.2) is 0 Å². The fourth-order valence-corrected chi connectivity index (χ4v) is 4.16. The van der Waals surface area contributed by atoms with E-state index in [4.69, 9.17) is 0 Å². The number of alkyl halides is 3. The first kappa shape index (κ1) is 22.8. The van der Waals surface area contributed by atoms with Crippen LogP contribution in [0.5, 0.6) is 0 Å². The third-order valence-corrected chi connectivity index (χ3v) is 6.10. The number of halogens is 3. The molecule has 1 atom stereocenters. The minimum Gasteiger partial charge on any atom is -0.385 e. The maximum Gasteiger partial charge on any atom is 0.416 e. The Kier molecular flexibility index (Phi) is 5.87. The molecule has 0 spiro atoms. The molecule has 1 saturated heterocycles. The highest BCUT2D eigenvalue weighted by Gasteiger charge is 2.39. The van der Waals surface area contributed by atoms with Gasteiger partial charge in [-0.3, -0.25) is 14.4 Å². The molecule has 2 aromatic rings. The number of carbonyl (C=O) groups excluding carboxylic acids is 3. The zero-order valence-electron chi connectivity index (χ0n) is 17.5. The lowest BCUT2D eigenvalue weighted by atomic mass is 9.83. The summed E-state index contributed by atoms with van der Waals surface area (Å²) in [5, 5.41) is 16.1. The summed E-state index contributed by atoms with van der Waals surface area (Å²) >= 11 is 0. The summed E-state index contributed by atoms with van der Waals surface area (Å²) in [5.41, 5.74) is -1.53. The van der Waals surface area contributed by atoms with Gasteiger partial charge in [0.05, 0.1) is 28.8 Å². The molecule has 10 heteroatoms. The third kappa shape index (κ3) is 4.70. The van der Waals surface area contributed by atoms with Gasteiger partial charge in [0.25, 0.3) is 5.91 Å². The molecule has 0 aromatic heterocycles. The van der Waals surface area contributed by atoms with Crippen molar-refractivity contribution in [1.82, 2.24) is 10.2 Å². The number of piperidine rings is 1. The van der Waals surface area contributed by atoms with E-state index in [2.05, 4.69) is 10.6 Å². The van der Waals surface area contributed by atoms with Gasteiger partial charge in [0.15, 0.2) is 0 Å². The molecule has 4 rings (SSSR count). The van der Waals surface area contributed by atoms with E-state index in [1.807, 2.05) is 0 Å². The molecule has 2 heterocycles. The Morgan fingerprint density at radius 3 is 2.48 bits per heavy atom. The van der Waals surface area contributed by atoms with E-state index >= 15 is 0 Å². The van der Waals surface area contributed by atoms with Gasteiger partial charge in [0.1, 0.15) is 6.04 Å². The number of carbonyl (C=O) groups is 3. The van der Waals surface area contributed by atoms with Crippen LogP contribution in [0.25, 0.3) is 0 Å². The van der Waals surface area contributed by atoms with Crippen LogP contribution in [0.4, 0.5) is 18.9 Å². The topological polar surface area (TPSA) is 98.7 Å². The lowest BCUT2D eigenvalue weighted by Gasteiger charge is -2.39. The van der Waals surface area contributed by atoms with E-state index in [0.29, 0.717) is 11.3 Å². The fourth-order valence-electron chi connectivity index (χ4n) is 4.16. The van der Waals surface area contributed by atoms with Crippen molar-refractivity contribution >= 4 is 23.4 Å². The van der Waals surface area contributed by atoms with Crippen LogP contribution >= 0.6 is 0 Å². The molecule has 2 aliphatic heterocycles. The van der Waals surface area contributed by atoms with E-state index in [1.54, 1.807) is 24.3 Å². The van der Waals surface area contributed by atoms with E-state index < -0.39 is 41.1 Å². The summed E-state index contributed by atoms with van der Waals surface area (Å²) in [4.78, 5) is 39.2. The predicted octanol–water partition coefficient (Wildman–Crippen LogP) is 2.66. The summed E-state index contributed by atoms with van der Waals surface area (Å²) in [6, 6.07) is 9.99. The molecule has 2 aliphatic rings. The normalized spacial score (nSPS) is 20.4. The van der Waals surface area contributed by atoms with E-state index in [-0.39, 0.29) is 37.9 Å². The SMILES string of the molecule is O=C1N[C@@H](CC(=O)N2CCC(O)(c3cccc(C(F)(F)F)c3)CC2)C(=O)Nc2ccccc21. The third-order valence-electron chi connectivity index (χ3n) is 6.10. The van der Waals surface area contributed by atoms with Gasteiger partial charge in [-0.2, -0.15) is 13.2 Å². The number of benzene rings is 2. The molecule has 7 nitrogen and oxygen atoms in total.